The lowest BCUT2D eigenvalue weighted by atomic mass is 9.99. The lowest BCUT2D eigenvalue weighted by Gasteiger charge is -2.34. The Hall–Kier alpha value is -2.90. The minimum atomic E-state index is -1.40. The standard InChI is InChI=1S/C18H18FN3O4/c1-10(23)21-7-4-11-15-12(17(24)13(18(25)26)9-22(15)21)8-14(19)16(11)20-5-2-3-6-20/h8-9H,2-7H2,1H3,(H,25,26). The summed E-state index contributed by atoms with van der Waals surface area (Å²) in [6.45, 7) is 3.15. The fraction of sp³-hybridized carbons (Fsp3) is 0.389. The number of hydrogen-bond acceptors (Lipinski definition) is 4. The van der Waals surface area contributed by atoms with Crippen molar-refractivity contribution in [1.82, 2.24) is 4.68 Å². The van der Waals surface area contributed by atoms with Crippen molar-refractivity contribution < 1.29 is 19.1 Å². The fourth-order valence-electron chi connectivity index (χ4n) is 4.00. The molecule has 1 aromatic heterocycles. The van der Waals surface area contributed by atoms with E-state index in [1.54, 1.807) is 0 Å². The monoisotopic (exact) mass is 359 g/mol. The molecule has 2 aliphatic rings. The van der Waals surface area contributed by atoms with Gasteiger partial charge in [0.05, 0.1) is 16.6 Å². The van der Waals surface area contributed by atoms with Gasteiger partial charge in [0, 0.05) is 38.3 Å². The Kier molecular flexibility index (Phi) is 3.71. The summed E-state index contributed by atoms with van der Waals surface area (Å²) in [4.78, 5) is 38.0. The second-order valence-electron chi connectivity index (χ2n) is 6.69. The summed E-state index contributed by atoms with van der Waals surface area (Å²) in [6.07, 6.45) is 3.52. The van der Waals surface area contributed by atoms with Crippen molar-refractivity contribution in [2.24, 2.45) is 0 Å². The Morgan fingerprint density at radius 3 is 2.50 bits per heavy atom. The molecule has 0 bridgehead atoms. The third-order valence-corrected chi connectivity index (χ3v) is 5.14. The molecule has 3 heterocycles. The number of anilines is 1. The maximum absolute atomic E-state index is 14.9. The molecule has 1 fully saturated rings. The molecule has 0 atom stereocenters. The number of pyridine rings is 1. The lowest BCUT2D eigenvalue weighted by Crippen LogP contribution is -2.45. The van der Waals surface area contributed by atoms with Crippen LogP contribution in [0.25, 0.3) is 10.9 Å². The van der Waals surface area contributed by atoms with Crippen molar-refractivity contribution in [3.63, 3.8) is 0 Å². The molecule has 0 aliphatic carbocycles. The molecule has 4 rings (SSSR count). The molecule has 1 amide bonds. The number of halogens is 1. The minimum absolute atomic E-state index is 0.00806. The Balaban J connectivity index is 2.12. The quantitative estimate of drug-likeness (QED) is 0.878. The zero-order valence-corrected chi connectivity index (χ0v) is 14.3. The Bertz CT molecular complexity index is 1010. The van der Waals surface area contributed by atoms with Crippen LogP contribution in [0.5, 0.6) is 0 Å². The van der Waals surface area contributed by atoms with Gasteiger partial charge in [-0.1, -0.05) is 0 Å². The van der Waals surface area contributed by atoms with E-state index in [0.717, 1.165) is 32.0 Å². The first-order valence-electron chi connectivity index (χ1n) is 8.57. The van der Waals surface area contributed by atoms with E-state index in [1.807, 2.05) is 4.90 Å². The van der Waals surface area contributed by atoms with Gasteiger partial charge in [-0.2, -0.15) is 0 Å². The van der Waals surface area contributed by atoms with E-state index in [-0.39, 0.29) is 11.3 Å². The number of aromatic carboxylic acids is 1. The van der Waals surface area contributed by atoms with Crippen molar-refractivity contribution in [2.45, 2.75) is 26.2 Å². The van der Waals surface area contributed by atoms with Crippen molar-refractivity contribution >= 4 is 28.5 Å². The average molecular weight is 359 g/mol. The highest BCUT2D eigenvalue weighted by Gasteiger charge is 2.30. The molecule has 0 unspecified atom stereocenters. The van der Waals surface area contributed by atoms with Crippen LogP contribution in [-0.4, -0.2) is 41.3 Å². The maximum Gasteiger partial charge on any atom is 0.341 e. The van der Waals surface area contributed by atoms with Gasteiger partial charge in [0.15, 0.2) is 0 Å². The largest absolute Gasteiger partial charge is 0.477 e. The third-order valence-electron chi connectivity index (χ3n) is 5.14. The third kappa shape index (κ3) is 2.28. The van der Waals surface area contributed by atoms with Gasteiger partial charge in [-0.15, -0.1) is 0 Å². The number of carbonyl (C=O) groups excluding carboxylic acids is 1. The normalized spacial score (nSPS) is 16.4. The van der Waals surface area contributed by atoms with E-state index < -0.39 is 22.8 Å². The predicted molar refractivity (Wildman–Crippen MR) is 94.0 cm³/mol. The van der Waals surface area contributed by atoms with Crippen LogP contribution >= 0.6 is 0 Å². The van der Waals surface area contributed by atoms with Crippen LogP contribution in [0, 0.1) is 5.82 Å². The zero-order valence-electron chi connectivity index (χ0n) is 14.3. The molecule has 8 heteroatoms. The van der Waals surface area contributed by atoms with Crippen LogP contribution in [0.2, 0.25) is 0 Å². The van der Waals surface area contributed by atoms with Crippen LogP contribution in [0.4, 0.5) is 10.1 Å². The van der Waals surface area contributed by atoms with Crippen LogP contribution in [-0.2, 0) is 11.2 Å². The average Bonchev–Trinajstić information content (AvgIpc) is 3.10. The van der Waals surface area contributed by atoms with Gasteiger partial charge in [0.1, 0.15) is 11.4 Å². The van der Waals surface area contributed by atoms with E-state index in [1.165, 1.54) is 22.8 Å². The van der Waals surface area contributed by atoms with E-state index in [4.69, 9.17) is 0 Å². The number of carbonyl (C=O) groups is 2. The lowest BCUT2D eigenvalue weighted by molar-refractivity contribution is -0.118. The van der Waals surface area contributed by atoms with Gasteiger partial charge in [-0.25, -0.2) is 14.2 Å². The topological polar surface area (TPSA) is 82.8 Å². The molecule has 2 aromatic rings. The number of hydrogen-bond donors (Lipinski definition) is 1. The second-order valence-corrected chi connectivity index (χ2v) is 6.69. The van der Waals surface area contributed by atoms with Crippen molar-refractivity contribution in [1.29, 1.82) is 0 Å². The van der Waals surface area contributed by atoms with E-state index >= 15 is 0 Å². The van der Waals surface area contributed by atoms with Gasteiger partial charge < -0.3 is 10.0 Å². The number of amides is 1. The SMILES string of the molecule is CC(=O)N1CCc2c(N3CCCC3)c(F)cc3c(=O)c(C(=O)O)cn1c23. The first-order valence-corrected chi connectivity index (χ1v) is 8.57. The van der Waals surface area contributed by atoms with E-state index in [9.17, 15) is 23.9 Å². The first kappa shape index (κ1) is 16.6. The molecule has 1 saturated heterocycles. The second kappa shape index (κ2) is 5.82. The summed E-state index contributed by atoms with van der Waals surface area (Å²) in [5.41, 5.74) is 0.333. The summed E-state index contributed by atoms with van der Waals surface area (Å²) in [5.74, 6) is -2.19. The summed E-state index contributed by atoms with van der Waals surface area (Å²) in [7, 11) is 0. The summed E-state index contributed by atoms with van der Waals surface area (Å²) < 4.78 is 16.3. The van der Waals surface area contributed by atoms with Crippen LogP contribution in [0.1, 0.15) is 35.7 Å². The Labute approximate surface area is 148 Å². The van der Waals surface area contributed by atoms with Crippen LogP contribution in [0.15, 0.2) is 17.1 Å². The molecule has 0 spiro atoms. The van der Waals surface area contributed by atoms with Crippen molar-refractivity contribution in [2.75, 3.05) is 29.5 Å². The molecular weight excluding hydrogens is 341 g/mol. The number of nitrogens with zero attached hydrogens (tertiary/aromatic N) is 3. The number of benzene rings is 1. The van der Waals surface area contributed by atoms with Gasteiger partial charge in [-0.05, 0) is 25.3 Å². The number of aromatic nitrogens is 1. The van der Waals surface area contributed by atoms with E-state index in [0.29, 0.717) is 29.7 Å². The zero-order chi connectivity index (χ0) is 18.6. The first-order chi connectivity index (χ1) is 12.4. The molecular formula is C18H18FN3O4. The Morgan fingerprint density at radius 1 is 1.19 bits per heavy atom. The summed E-state index contributed by atoms with van der Waals surface area (Å²) >= 11 is 0. The van der Waals surface area contributed by atoms with Crippen LogP contribution < -0.4 is 15.3 Å². The molecule has 26 heavy (non-hydrogen) atoms. The van der Waals surface area contributed by atoms with Crippen molar-refractivity contribution in [3.8, 4) is 0 Å². The van der Waals surface area contributed by atoms with Gasteiger partial charge >= 0.3 is 5.97 Å². The predicted octanol–water partition coefficient (Wildman–Crippen LogP) is 1.48. The molecule has 1 aromatic carbocycles. The maximum atomic E-state index is 14.9. The van der Waals surface area contributed by atoms with Gasteiger partial charge in [0.25, 0.3) is 0 Å². The number of carboxylic acid groups (broad SMARTS) is 1. The molecule has 136 valence electrons. The highest BCUT2D eigenvalue weighted by molar-refractivity contribution is 5.97. The summed E-state index contributed by atoms with van der Waals surface area (Å²) in [6, 6.07) is 1.11. The fourth-order valence-corrected chi connectivity index (χ4v) is 4.00. The highest BCUT2D eigenvalue weighted by Crippen LogP contribution is 2.35. The highest BCUT2D eigenvalue weighted by atomic mass is 19.1. The molecule has 7 nitrogen and oxygen atoms in total. The molecule has 1 N–H and O–H groups in total. The van der Waals surface area contributed by atoms with Crippen molar-refractivity contribution in [3.05, 3.63) is 39.4 Å². The summed E-state index contributed by atoms with van der Waals surface area (Å²) in [5, 5.41) is 10.7. The number of rotatable bonds is 2. The number of carboxylic acids is 1. The van der Waals surface area contributed by atoms with Gasteiger partial charge in [0.2, 0.25) is 11.3 Å². The van der Waals surface area contributed by atoms with E-state index in [2.05, 4.69) is 0 Å². The molecule has 0 saturated carbocycles. The molecule has 2 aliphatic heterocycles. The molecule has 0 radical (unpaired) electrons. The minimum Gasteiger partial charge on any atom is -0.477 e. The van der Waals surface area contributed by atoms with Gasteiger partial charge in [-0.3, -0.25) is 14.3 Å². The Morgan fingerprint density at radius 2 is 1.88 bits per heavy atom. The smallest absolute Gasteiger partial charge is 0.341 e. The van der Waals surface area contributed by atoms with Crippen LogP contribution in [0.3, 0.4) is 0 Å².